The fourth-order valence-corrected chi connectivity index (χ4v) is 3.07. The number of benzene rings is 1. The molecule has 0 fully saturated rings. The fourth-order valence-electron chi connectivity index (χ4n) is 1.72. The number of aliphatic hydroxyl groups is 1. The molecule has 0 bridgehead atoms. The summed E-state index contributed by atoms with van der Waals surface area (Å²) in [5.41, 5.74) is 0.734. The molecule has 0 saturated carbocycles. The van der Waals surface area contributed by atoms with Crippen LogP contribution in [0.4, 0.5) is 0 Å². The average molecular weight is 309 g/mol. The Morgan fingerprint density at radius 3 is 2.38 bits per heavy atom. The molecule has 2 unspecified atom stereocenters. The summed E-state index contributed by atoms with van der Waals surface area (Å²) in [6, 6.07) is 6.34. The minimum absolute atomic E-state index is 0.0247. The van der Waals surface area contributed by atoms with Gasteiger partial charge in [-0.25, -0.2) is 13.1 Å². The second-order valence-electron chi connectivity index (χ2n) is 5.10. The van der Waals surface area contributed by atoms with Crippen LogP contribution in [0.2, 0.25) is 0 Å². The lowest BCUT2D eigenvalue weighted by Gasteiger charge is -2.19. The van der Waals surface area contributed by atoms with Gasteiger partial charge in [-0.05, 0) is 37.1 Å². The number of hydrogen-bond donors (Lipinski definition) is 2. The molecule has 2 N–H and O–H groups in total. The number of rotatable bonds is 6. The molecule has 0 aromatic heterocycles. The van der Waals surface area contributed by atoms with Crippen LogP contribution >= 0.6 is 0 Å². The third-order valence-electron chi connectivity index (χ3n) is 3.47. The van der Waals surface area contributed by atoms with Crippen molar-refractivity contribution in [2.45, 2.75) is 44.6 Å². The second kappa shape index (κ2) is 8.18. The normalized spacial score (nSPS) is 14.1. The van der Waals surface area contributed by atoms with E-state index >= 15 is 0 Å². The van der Waals surface area contributed by atoms with Crippen LogP contribution in [0.3, 0.4) is 0 Å². The van der Waals surface area contributed by atoms with Crippen molar-refractivity contribution in [3.63, 3.8) is 0 Å². The summed E-state index contributed by atoms with van der Waals surface area (Å²) in [5.74, 6) is 5.95. The molecule has 0 aliphatic rings. The van der Waals surface area contributed by atoms with Crippen LogP contribution in [0.25, 0.3) is 0 Å². The third-order valence-corrected chi connectivity index (χ3v) is 5.05. The molecule has 21 heavy (non-hydrogen) atoms. The van der Waals surface area contributed by atoms with Crippen LogP contribution < -0.4 is 4.72 Å². The van der Waals surface area contributed by atoms with E-state index in [1.807, 2.05) is 20.8 Å². The average Bonchev–Trinajstić information content (AvgIpc) is 2.46. The van der Waals surface area contributed by atoms with E-state index in [-0.39, 0.29) is 23.5 Å². The summed E-state index contributed by atoms with van der Waals surface area (Å²) in [7, 11) is -3.49. The molecule has 0 saturated heterocycles. The predicted molar refractivity (Wildman–Crippen MR) is 84.3 cm³/mol. The number of sulfonamides is 1. The number of nitrogens with one attached hydrogen (secondary N) is 1. The van der Waals surface area contributed by atoms with Crippen molar-refractivity contribution in [1.82, 2.24) is 4.72 Å². The van der Waals surface area contributed by atoms with Crippen molar-refractivity contribution >= 4 is 10.0 Å². The van der Waals surface area contributed by atoms with Crippen molar-refractivity contribution in [2.75, 3.05) is 6.61 Å². The molecule has 2 atom stereocenters. The molecule has 1 aromatic rings. The third kappa shape index (κ3) is 5.50. The Hall–Kier alpha value is -1.35. The van der Waals surface area contributed by atoms with E-state index in [1.165, 1.54) is 0 Å². The first kappa shape index (κ1) is 17.7. The zero-order valence-electron chi connectivity index (χ0n) is 12.8. The van der Waals surface area contributed by atoms with Gasteiger partial charge in [-0.1, -0.05) is 32.1 Å². The van der Waals surface area contributed by atoms with Crippen LogP contribution in [0.1, 0.15) is 39.2 Å². The van der Waals surface area contributed by atoms with Crippen molar-refractivity contribution in [3.05, 3.63) is 29.8 Å². The fraction of sp³-hybridized carbons (Fsp3) is 0.500. The molecule has 0 aliphatic carbocycles. The van der Waals surface area contributed by atoms with Crippen LogP contribution in [0, 0.1) is 17.8 Å². The highest BCUT2D eigenvalue weighted by Gasteiger charge is 2.20. The number of hydrogen-bond acceptors (Lipinski definition) is 3. The van der Waals surface area contributed by atoms with Gasteiger partial charge in [0.05, 0.1) is 11.5 Å². The monoisotopic (exact) mass is 309 g/mol. The topological polar surface area (TPSA) is 66.4 Å². The van der Waals surface area contributed by atoms with Gasteiger partial charge in [0.2, 0.25) is 10.0 Å². The summed E-state index contributed by atoms with van der Waals surface area (Å²) in [5, 5.41) is 8.65. The van der Waals surface area contributed by atoms with Crippen molar-refractivity contribution in [3.8, 4) is 11.8 Å². The van der Waals surface area contributed by atoms with Gasteiger partial charge >= 0.3 is 0 Å². The molecule has 116 valence electrons. The van der Waals surface area contributed by atoms with Gasteiger partial charge in [0.1, 0.15) is 0 Å². The van der Waals surface area contributed by atoms with E-state index in [0.29, 0.717) is 6.42 Å². The summed E-state index contributed by atoms with van der Waals surface area (Å²) in [6.45, 7) is 5.96. The molecule has 5 heteroatoms. The highest BCUT2D eigenvalue weighted by molar-refractivity contribution is 7.89. The number of aliphatic hydroxyl groups excluding tert-OH is 1. The van der Waals surface area contributed by atoms with Gasteiger partial charge in [0.15, 0.2) is 0 Å². The Morgan fingerprint density at radius 1 is 1.24 bits per heavy atom. The van der Waals surface area contributed by atoms with E-state index in [9.17, 15) is 8.42 Å². The molecular formula is C16H23NO3S. The second-order valence-corrected chi connectivity index (χ2v) is 6.81. The molecule has 0 radical (unpaired) electrons. The Balaban J connectivity index is 2.83. The molecule has 1 aromatic carbocycles. The molecule has 0 amide bonds. The van der Waals surface area contributed by atoms with Crippen LogP contribution in [-0.4, -0.2) is 26.2 Å². The zero-order chi connectivity index (χ0) is 15.9. The minimum atomic E-state index is -3.49. The lowest BCUT2D eigenvalue weighted by Crippen LogP contribution is -2.36. The van der Waals surface area contributed by atoms with Gasteiger partial charge in [0, 0.05) is 18.0 Å². The van der Waals surface area contributed by atoms with Gasteiger partial charge in [-0.15, -0.1) is 0 Å². The van der Waals surface area contributed by atoms with E-state index in [0.717, 1.165) is 12.0 Å². The standard InChI is InChI=1S/C16H23NO3S/c1-4-13(2)14(3)17-21(19,20)16-10-8-15(9-11-16)7-5-6-12-18/h8-11,13-14,17-18H,4,6,12H2,1-3H3. The van der Waals surface area contributed by atoms with Crippen molar-refractivity contribution in [2.24, 2.45) is 5.92 Å². The zero-order valence-corrected chi connectivity index (χ0v) is 13.6. The minimum Gasteiger partial charge on any atom is -0.395 e. The van der Waals surface area contributed by atoms with Gasteiger partial charge in [-0.2, -0.15) is 0 Å². The first-order chi connectivity index (χ1) is 9.90. The maximum Gasteiger partial charge on any atom is 0.240 e. The van der Waals surface area contributed by atoms with Crippen LogP contribution in [0.5, 0.6) is 0 Å². The summed E-state index contributed by atoms with van der Waals surface area (Å²) >= 11 is 0. The first-order valence-electron chi connectivity index (χ1n) is 7.12. The van der Waals surface area contributed by atoms with Crippen LogP contribution in [0.15, 0.2) is 29.2 Å². The summed E-state index contributed by atoms with van der Waals surface area (Å²) in [4.78, 5) is 0.241. The van der Waals surface area contributed by atoms with Crippen molar-refractivity contribution in [1.29, 1.82) is 0 Å². The summed E-state index contributed by atoms with van der Waals surface area (Å²) in [6.07, 6.45) is 1.33. The van der Waals surface area contributed by atoms with E-state index in [2.05, 4.69) is 16.6 Å². The molecular weight excluding hydrogens is 286 g/mol. The molecule has 4 nitrogen and oxygen atoms in total. The highest BCUT2D eigenvalue weighted by Crippen LogP contribution is 2.14. The van der Waals surface area contributed by atoms with Gasteiger partial charge in [0.25, 0.3) is 0 Å². The molecule has 0 heterocycles. The molecule has 0 spiro atoms. The first-order valence-corrected chi connectivity index (χ1v) is 8.61. The Kier molecular flexibility index (Phi) is 6.90. The molecule has 0 aliphatic heterocycles. The van der Waals surface area contributed by atoms with E-state index in [4.69, 9.17) is 5.11 Å². The Bertz CT molecular complexity index is 597. The maximum absolute atomic E-state index is 12.3. The van der Waals surface area contributed by atoms with Gasteiger partial charge in [-0.3, -0.25) is 0 Å². The molecule has 1 rings (SSSR count). The smallest absolute Gasteiger partial charge is 0.240 e. The van der Waals surface area contributed by atoms with E-state index in [1.54, 1.807) is 24.3 Å². The quantitative estimate of drug-likeness (QED) is 0.791. The SMILES string of the molecule is CCC(C)C(C)NS(=O)(=O)c1ccc(C#CCCO)cc1. The highest BCUT2D eigenvalue weighted by atomic mass is 32.2. The summed E-state index contributed by atoms with van der Waals surface area (Å²) < 4.78 is 27.2. The maximum atomic E-state index is 12.3. The largest absolute Gasteiger partial charge is 0.395 e. The lowest BCUT2D eigenvalue weighted by atomic mass is 10.0. The Morgan fingerprint density at radius 2 is 1.86 bits per heavy atom. The predicted octanol–water partition coefficient (Wildman–Crippen LogP) is 2.13. The Labute approximate surface area is 127 Å². The van der Waals surface area contributed by atoms with Crippen LogP contribution in [-0.2, 0) is 10.0 Å². The lowest BCUT2D eigenvalue weighted by molar-refractivity contribution is 0.305. The van der Waals surface area contributed by atoms with Gasteiger partial charge < -0.3 is 5.11 Å². The van der Waals surface area contributed by atoms with E-state index < -0.39 is 10.0 Å². The van der Waals surface area contributed by atoms with Crippen molar-refractivity contribution < 1.29 is 13.5 Å².